The van der Waals surface area contributed by atoms with E-state index in [2.05, 4.69) is 17.0 Å². The van der Waals surface area contributed by atoms with Crippen LogP contribution in [0, 0.1) is 6.92 Å². The van der Waals surface area contributed by atoms with Crippen LogP contribution >= 0.6 is 11.3 Å². The highest BCUT2D eigenvalue weighted by atomic mass is 32.1. The van der Waals surface area contributed by atoms with Gasteiger partial charge in [-0.15, -0.1) is 11.3 Å². The average Bonchev–Trinajstić information content (AvgIpc) is 2.88. The highest BCUT2D eigenvalue weighted by Gasteiger charge is 2.11. The van der Waals surface area contributed by atoms with Gasteiger partial charge in [0.2, 0.25) is 0 Å². The van der Waals surface area contributed by atoms with E-state index in [1.165, 1.54) is 0 Å². The van der Waals surface area contributed by atoms with Gasteiger partial charge in [0.05, 0.1) is 28.9 Å². The summed E-state index contributed by atoms with van der Waals surface area (Å²) in [5.41, 5.74) is 1.52. The molecule has 0 aromatic carbocycles. The van der Waals surface area contributed by atoms with Crippen LogP contribution in [0.5, 0.6) is 0 Å². The van der Waals surface area contributed by atoms with Crippen molar-refractivity contribution in [2.75, 3.05) is 0 Å². The number of ketones is 1. The third-order valence-electron chi connectivity index (χ3n) is 2.42. The summed E-state index contributed by atoms with van der Waals surface area (Å²) in [6, 6.07) is 0. The summed E-state index contributed by atoms with van der Waals surface area (Å²) in [5.74, 6) is 0.0812. The molecular formula is C12H15N3OS. The van der Waals surface area contributed by atoms with Gasteiger partial charge in [-0.3, -0.25) is 9.48 Å². The standard InChI is InChI=1S/C12H15N3OS/c1-3-4-15-7-10(6-13-15)12(16)5-11-8-17-9(2)14-11/h6-8H,3-5H2,1-2H3. The molecule has 5 heteroatoms. The minimum absolute atomic E-state index is 0.0812. The molecule has 0 N–H and O–H groups in total. The lowest BCUT2D eigenvalue weighted by atomic mass is 10.1. The molecule has 0 aliphatic heterocycles. The molecule has 0 spiro atoms. The maximum absolute atomic E-state index is 12.0. The van der Waals surface area contributed by atoms with Crippen molar-refractivity contribution in [2.45, 2.75) is 33.2 Å². The van der Waals surface area contributed by atoms with Crippen molar-refractivity contribution in [2.24, 2.45) is 0 Å². The van der Waals surface area contributed by atoms with Crippen molar-refractivity contribution in [3.8, 4) is 0 Å². The molecular weight excluding hydrogens is 234 g/mol. The van der Waals surface area contributed by atoms with E-state index in [-0.39, 0.29) is 5.78 Å². The minimum atomic E-state index is 0.0812. The Balaban J connectivity index is 2.03. The Bertz CT molecular complexity index is 515. The second kappa shape index (κ2) is 5.23. The first-order chi connectivity index (χ1) is 8.19. The van der Waals surface area contributed by atoms with E-state index in [1.54, 1.807) is 22.2 Å². The molecule has 2 rings (SSSR count). The SMILES string of the molecule is CCCn1cc(C(=O)Cc2csc(C)n2)cn1. The van der Waals surface area contributed by atoms with Gasteiger partial charge in [0.25, 0.3) is 0 Å². The smallest absolute Gasteiger partial charge is 0.171 e. The third kappa shape index (κ3) is 3.00. The first-order valence-corrected chi connectivity index (χ1v) is 6.53. The van der Waals surface area contributed by atoms with E-state index in [0.717, 1.165) is 23.7 Å². The van der Waals surface area contributed by atoms with Crippen LogP contribution in [0.3, 0.4) is 0 Å². The summed E-state index contributed by atoms with van der Waals surface area (Å²) >= 11 is 1.57. The summed E-state index contributed by atoms with van der Waals surface area (Å²) in [7, 11) is 0. The lowest BCUT2D eigenvalue weighted by Crippen LogP contribution is -2.03. The Morgan fingerprint density at radius 3 is 3.00 bits per heavy atom. The predicted molar refractivity (Wildman–Crippen MR) is 67.4 cm³/mol. The van der Waals surface area contributed by atoms with Gasteiger partial charge in [0.1, 0.15) is 0 Å². The number of rotatable bonds is 5. The van der Waals surface area contributed by atoms with E-state index in [1.807, 2.05) is 18.5 Å². The highest BCUT2D eigenvalue weighted by Crippen LogP contribution is 2.11. The van der Waals surface area contributed by atoms with Crippen LogP contribution in [-0.4, -0.2) is 20.5 Å². The number of thiazole rings is 1. The van der Waals surface area contributed by atoms with E-state index in [9.17, 15) is 4.79 Å². The summed E-state index contributed by atoms with van der Waals surface area (Å²) in [6.45, 7) is 4.88. The predicted octanol–water partition coefficient (Wildman–Crippen LogP) is 2.48. The zero-order valence-electron chi connectivity index (χ0n) is 10.0. The van der Waals surface area contributed by atoms with E-state index in [0.29, 0.717) is 12.0 Å². The van der Waals surface area contributed by atoms with Gasteiger partial charge in [-0.2, -0.15) is 5.10 Å². The van der Waals surface area contributed by atoms with Crippen molar-refractivity contribution in [3.63, 3.8) is 0 Å². The Labute approximate surface area is 104 Å². The maximum atomic E-state index is 12.0. The number of aromatic nitrogens is 3. The number of carbonyl (C=O) groups excluding carboxylic acids is 1. The summed E-state index contributed by atoms with van der Waals surface area (Å²) in [6.07, 6.45) is 4.82. The molecule has 0 radical (unpaired) electrons. The molecule has 0 saturated heterocycles. The second-order valence-corrected chi connectivity index (χ2v) is 5.01. The molecule has 2 aromatic rings. The van der Waals surface area contributed by atoms with Crippen LogP contribution in [0.4, 0.5) is 0 Å². The van der Waals surface area contributed by atoms with Crippen LogP contribution in [0.15, 0.2) is 17.8 Å². The molecule has 0 atom stereocenters. The maximum Gasteiger partial charge on any atom is 0.171 e. The number of hydrogen-bond acceptors (Lipinski definition) is 4. The topological polar surface area (TPSA) is 47.8 Å². The van der Waals surface area contributed by atoms with Gasteiger partial charge in [-0.25, -0.2) is 4.98 Å². The molecule has 0 unspecified atom stereocenters. The molecule has 4 nitrogen and oxygen atoms in total. The van der Waals surface area contributed by atoms with Crippen LogP contribution in [0.1, 0.15) is 34.4 Å². The third-order valence-corrected chi connectivity index (χ3v) is 3.24. The quantitative estimate of drug-likeness (QED) is 0.765. The first-order valence-electron chi connectivity index (χ1n) is 5.65. The second-order valence-electron chi connectivity index (χ2n) is 3.95. The van der Waals surface area contributed by atoms with E-state index < -0.39 is 0 Å². The van der Waals surface area contributed by atoms with Crippen LogP contribution in [0.2, 0.25) is 0 Å². The van der Waals surface area contributed by atoms with Gasteiger partial charge in [0.15, 0.2) is 5.78 Å². The number of carbonyl (C=O) groups is 1. The molecule has 0 amide bonds. The Hall–Kier alpha value is -1.49. The number of nitrogens with zero attached hydrogens (tertiary/aromatic N) is 3. The first kappa shape index (κ1) is 12.0. The summed E-state index contributed by atoms with van der Waals surface area (Å²) in [4.78, 5) is 16.2. The van der Waals surface area contributed by atoms with Crippen LogP contribution in [-0.2, 0) is 13.0 Å². The largest absolute Gasteiger partial charge is 0.294 e. The van der Waals surface area contributed by atoms with Crippen LogP contribution < -0.4 is 0 Å². The molecule has 0 aliphatic carbocycles. The van der Waals surface area contributed by atoms with Crippen molar-refractivity contribution >= 4 is 17.1 Å². The zero-order chi connectivity index (χ0) is 12.3. The van der Waals surface area contributed by atoms with E-state index >= 15 is 0 Å². The van der Waals surface area contributed by atoms with Gasteiger partial charge in [-0.1, -0.05) is 6.92 Å². The Kier molecular flexibility index (Phi) is 3.68. The van der Waals surface area contributed by atoms with Crippen molar-refractivity contribution in [1.29, 1.82) is 0 Å². The Morgan fingerprint density at radius 1 is 1.53 bits per heavy atom. The zero-order valence-corrected chi connectivity index (χ0v) is 10.8. The fourth-order valence-corrected chi connectivity index (χ4v) is 2.23. The normalized spacial score (nSPS) is 10.7. The van der Waals surface area contributed by atoms with Gasteiger partial charge in [-0.05, 0) is 13.3 Å². The summed E-state index contributed by atoms with van der Waals surface area (Å²) in [5, 5.41) is 7.08. The molecule has 0 fully saturated rings. The van der Waals surface area contributed by atoms with Crippen LogP contribution in [0.25, 0.3) is 0 Å². The average molecular weight is 249 g/mol. The minimum Gasteiger partial charge on any atom is -0.294 e. The van der Waals surface area contributed by atoms with Gasteiger partial charge in [0, 0.05) is 18.1 Å². The number of hydrogen-bond donors (Lipinski definition) is 0. The number of aryl methyl sites for hydroxylation is 2. The molecule has 90 valence electrons. The Morgan fingerprint density at radius 2 is 2.35 bits per heavy atom. The molecule has 0 aliphatic rings. The highest BCUT2D eigenvalue weighted by molar-refractivity contribution is 7.09. The van der Waals surface area contributed by atoms with Crippen molar-refractivity contribution in [1.82, 2.24) is 14.8 Å². The molecule has 0 saturated carbocycles. The molecule has 2 heterocycles. The monoisotopic (exact) mass is 249 g/mol. The van der Waals surface area contributed by atoms with E-state index in [4.69, 9.17) is 0 Å². The molecule has 17 heavy (non-hydrogen) atoms. The van der Waals surface area contributed by atoms with Crippen molar-refractivity contribution < 1.29 is 4.79 Å². The van der Waals surface area contributed by atoms with Gasteiger partial charge < -0.3 is 0 Å². The number of Topliss-reactive ketones (excluding diaryl/α,β-unsaturated/α-hetero) is 1. The lowest BCUT2D eigenvalue weighted by Gasteiger charge is -1.95. The van der Waals surface area contributed by atoms with Crippen molar-refractivity contribution in [3.05, 3.63) is 34.0 Å². The summed E-state index contributed by atoms with van der Waals surface area (Å²) < 4.78 is 1.81. The van der Waals surface area contributed by atoms with Gasteiger partial charge >= 0.3 is 0 Å². The molecule has 2 aromatic heterocycles. The fraction of sp³-hybridized carbons (Fsp3) is 0.417. The molecule has 0 bridgehead atoms. The lowest BCUT2D eigenvalue weighted by molar-refractivity contribution is 0.0992. The fourth-order valence-electron chi connectivity index (χ4n) is 1.61.